The number of pyridine rings is 1. The van der Waals surface area contributed by atoms with E-state index >= 15 is 0 Å². The minimum atomic E-state index is -0.905. The number of rotatable bonds is 6. The van der Waals surface area contributed by atoms with Gasteiger partial charge in [-0.1, -0.05) is 24.3 Å². The van der Waals surface area contributed by atoms with Crippen LogP contribution in [0.4, 0.5) is 5.69 Å². The van der Waals surface area contributed by atoms with Crippen LogP contribution in [0.15, 0.2) is 72.9 Å². The first-order chi connectivity index (χ1) is 13.0. The Morgan fingerprint density at radius 3 is 2.25 bits per heavy atom. The molecule has 5 heteroatoms. The summed E-state index contributed by atoms with van der Waals surface area (Å²) in [5.74, 6) is -0.905. The molecule has 0 aliphatic rings. The summed E-state index contributed by atoms with van der Waals surface area (Å²) in [6, 6.07) is 21.5. The Morgan fingerprint density at radius 2 is 1.64 bits per heavy atom. The first-order valence-electron chi connectivity index (χ1n) is 8.79. The zero-order valence-corrected chi connectivity index (χ0v) is 16.7. The van der Waals surface area contributed by atoms with E-state index in [-0.39, 0.29) is 12.4 Å². The molecule has 4 nitrogen and oxygen atoms in total. The van der Waals surface area contributed by atoms with Gasteiger partial charge in [0.2, 0.25) is 5.69 Å². The van der Waals surface area contributed by atoms with Gasteiger partial charge in [-0.05, 0) is 42.0 Å². The van der Waals surface area contributed by atoms with Crippen LogP contribution >= 0.6 is 0 Å². The van der Waals surface area contributed by atoms with Gasteiger partial charge < -0.3 is 22.4 Å². The summed E-state index contributed by atoms with van der Waals surface area (Å²) in [4.78, 5) is 13.1. The van der Waals surface area contributed by atoms with E-state index in [4.69, 9.17) is 5.11 Å². The molecule has 0 bridgehead atoms. The van der Waals surface area contributed by atoms with Gasteiger partial charge in [0.25, 0.3) is 0 Å². The summed E-state index contributed by atoms with van der Waals surface area (Å²) < 4.78 is 2.14. The molecular formula is C23H23ClN2O2. The van der Waals surface area contributed by atoms with Gasteiger partial charge in [0.1, 0.15) is 0 Å². The smallest absolute Gasteiger partial charge is 0.335 e. The summed E-state index contributed by atoms with van der Waals surface area (Å²) in [6.45, 7) is 0.681. The van der Waals surface area contributed by atoms with Crippen LogP contribution in [0.1, 0.15) is 27.2 Å². The number of benzene rings is 2. The van der Waals surface area contributed by atoms with Crippen molar-refractivity contribution in [1.29, 1.82) is 0 Å². The molecular weight excluding hydrogens is 372 g/mol. The molecule has 0 spiro atoms. The summed E-state index contributed by atoms with van der Waals surface area (Å²) in [5.41, 5.74) is 4.75. The second-order valence-corrected chi connectivity index (χ2v) is 6.57. The second kappa shape index (κ2) is 9.72. The monoisotopic (exact) mass is 394 g/mol. The molecule has 0 fully saturated rings. The summed E-state index contributed by atoms with van der Waals surface area (Å²) in [5, 5.41) is 9.02. The Balaban J connectivity index is 0.00000280. The van der Waals surface area contributed by atoms with Gasteiger partial charge in [-0.15, -0.1) is 0 Å². The molecule has 144 valence electrons. The molecule has 28 heavy (non-hydrogen) atoms. The maximum atomic E-state index is 11.0. The molecule has 1 heterocycles. The van der Waals surface area contributed by atoms with Crippen LogP contribution in [0.25, 0.3) is 12.2 Å². The van der Waals surface area contributed by atoms with Crippen molar-refractivity contribution in [2.45, 2.75) is 6.54 Å². The second-order valence-electron chi connectivity index (χ2n) is 6.57. The van der Waals surface area contributed by atoms with E-state index in [1.165, 1.54) is 5.69 Å². The molecule has 0 amide bonds. The third-order valence-electron chi connectivity index (χ3n) is 4.39. The molecule has 0 saturated heterocycles. The normalized spacial score (nSPS) is 10.5. The van der Waals surface area contributed by atoms with Crippen molar-refractivity contribution in [3.05, 3.63) is 95.3 Å². The lowest BCUT2D eigenvalue weighted by atomic mass is 10.1. The molecule has 3 rings (SSSR count). The molecule has 3 aromatic rings. The van der Waals surface area contributed by atoms with Gasteiger partial charge in [0.15, 0.2) is 12.7 Å². The van der Waals surface area contributed by atoms with Crippen molar-refractivity contribution >= 4 is 23.8 Å². The third kappa shape index (κ3) is 5.44. The lowest BCUT2D eigenvalue weighted by Crippen LogP contribution is -3.00. The van der Waals surface area contributed by atoms with Gasteiger partial charge in [0.05, 0.1) is 5.56 Å². The number of nitrogens with zero attached hydrogens (tertiary/aromatic N) is 2. The summed E-state index contributed by atoms with van der Waals surface area (Å²) in [7, 11) is 4.06. The van der Waals surface area contributed by atoms with Crippen molar-refractivity contribution in [3.8, 4) is 0 Å². The fourth-order valence-electron chi connectivity index (χ4n) is 2.80. The SMILES string of the molecule is CN(C)c1ccc(/C=C/c2cccc[n+]2Cc2ccc(C(=O)O)cc2)cc1.[Cl-]. The molecule has 0 saturated carbocycles. The molecule has 1 N–H and O–H groups in total. The van der Waals surface area contributed by atoms with Crippen molar-refractivity contribution in [1.82, 2.24) is 0 Å². The number of halogens is 1. The van der Waals surface area contributed by atoms with Crippen molar-refractivity contribution in [2.24, 2.45) is 0 Å². The van der Waals surface area contributed by atoms with Crippen LogP contribution in [0.3, 0.4) is 0 Å². The van der Waals surface area contributed by atoms with Crippen molar-refractivity contribution < 1.29 is 26.9 Å². The van der Waals surface area contributed by atoms with E-state index < -0.39 is 5.97 Å². The predicted octanol–water partition coefficient (Wildman–Crippen LogP) is 0.961. The fourth-order valence-corrected chi connectivity index (χ4v) is 2.80. The molecule has 1 aromatic heterocycles. The van der Waals surface area contributed by atoms with Crippen LogP contribution in [0.5, 0.6) is 0 Å². The minimum absolute atomic E-state index is 0. The van der Waals surface area contributed by atoms with Crippen molar-refractivity contribution in [2.75, 3.05) is 19.0 Å². The largest absolute Gasteiger partial charge is 1.00 e. The van der Waals surface area contributed by atoms with Gasteiger partial charge in [-0.3, -0.25) is 0 Å². The number of hydrogen-bond donors (Lipinski definition) is 1. The highest BCUT2D eigenvalue weighted by molar-refractivity contribution is 5.87. The van der Waals surface area contributed by atoms with E-state index in [0.717, 1.165) is 16.8 Å². The fraction of sp³-hybridized carbons (Fsp3) is 0.130. The summed E-state index contributed by atoms with van der Waals surface area (Å²) in [6.07, 6.45) is 6.22. The van der Waals surface area contributed by atoms with E-state index in [9.17, 15) is 4.79 Å². The van der Waals surface area contributed by atoms with Crippen LogP contribution in [-0.2, 0) is 6.54 Å². The molecule has 2 aromatic carbocycles. The lowest BCUT2D eigenvalue weighted by molar-refractivity contribution is -0.690. The first kappa shape index (κ1) is 21.2. The van der Waals surface area contributed by atoms with Crippen LogP contribution in [-0.4, -0.2) is 25.2 Å². The molecule has 0 radical (unpaired) electrons. The van der Waals surface area contributed by atoms with Crippen LogP contribution in [0, 0.1) is 0 Å². The maximum Gasteiger partial charge on any atom is 0.335 e. The lowest BCUT2D eigenvalue weighted by Gasteiger charge is -2.11. The van der Waals surface area contributed by atoms with Gasteiger partial charge in [-0.25, -0.2) is 4.79 Å². The zero-order chi connectivity index (χ0) is 19.2. The van der Waals surface area contributed by atoms with E-state index in [0.29, 0.717) is 12.1 Å². The molecule has 0 atom stereocenters. The Labute approximate surface area is 171 Å². The number of carbonyl (C=O) groups is 1. The highest BCUT2D eigenvalue weighted by atomic mass is 35.5. The minimum Gasteiger partial charge on any atom is -1.00 e. The Morgan fingerprint density at radius 1 is 0.964 bits per heavy atom. The van der Waals surface area contributed by atoms with Crippen LogP contribution < -0.4 is 21.9 Å². The Bertz CT molecular complexity index is 949. The highest BCUT2D eigenvalue weighted by Gasteiger charge is 2.09. The highest BCUT2D eigenvalue weighted by Crippen LogP contribution is 2.14. The number of aromatic nitrogens is 1. The van der Waals surface area contributed by atoms with Gasteiger partial charge in [-0.2, -0.15) is 4.57 Å². The Kier molecular flexibility index (Phi) is 7.36. The third-order valence-corrected chi connectivity index (χ3v) is 4.39. The average Bonchev–Trinajstić information content (AvgIpc) is 2.68. The maximum absolute atomic E-state index is 11.0. The summed E-state index contributed by atoms with van der Waals surface area (Å²) >= 11 is 0. The van der Waals surface area contributed by atoms with E-state index in [2.05, 4.69) is 52.0 Å². The van der Waals surface area contributed by atoms with Crippen molar-refractivity contribution in [3.63, 3.8) is 0 Å². The topological polar surface area (TPSA) is 44.4 Å². The standard InChI is InChI=1S/C23H22N2O2.ClH/c1-24(2)21-13-8-18(9-14-21)10-15-22-5-3-4-16-25(22)17-19-6-11-20(12-7-19)23(26)27;/h3-16H,17H2,1-2H3;1H. The average molecular weight is 395 g/mol. The number of carboxylic acid groups (broad SMARTS) is 1. The van der Waals surface area contributed by atoms with E-state index in [1.807, 2.05) is 44.6 Å². The number of carboxylic acids is 1. The van der Waals surface area contributed by atoms with Gasteiger partial charge in [0, 0.05) is 43.6 Å². The van der Waals surface area contributed by atoms with Gasteiger partial charge >= 0.3 is 5.97 Å². The quantitative estimate of drug-likeness (QED) is 0.633. The number of anilines is 1. The molecule has 0 aliphatic heterocycles. The Hall–Kier alpha value is -3.11. The number of hydrogen-bond acceptors (Lipinski definition) is 2. The first-order valence-corrected chi connectivity index (χ1v) is 8.79. The zero-order valence-electron chi connectivity index (χ0n) is 15.9. The number of aromatic carboxylic acids is 1. The predicted molar refractivity (Wildman–Crippen MR) is 109 cm³/mol. The molecule has 0 unspecified atom stereocenters. The van der Waals surface area contributed by atoms with E-state index in [1.54, 1.807) is 12.1 Å². The molecule has 0 aliphatic carbocycles. The van der Waals surface area contributed by atoms with Crippen LogP contribution in [0.2, 0.25) is 0 Å².